The second-order valence-corrected chi connectivity index (χ2v) is 5.44. The van der Waals surface area contributed by atoms with Crippen LogP contribution in [0, 0.1) is 17.2 Å². The van der Waals surface area contributed by atoms with Gasteiger partial charge in [0.15, 0.2) is 0 Å². The Hall–Kier alpha value is -1.38. The van der Waals surface area contributed by atoms with Crippen molar-refractivity contribution in [2.24, 2.45) is 11.7 Å². The number of rotatable bonds is 4. The van der Waals surface area contributed by atoms with Crippen molar-refractivity contribution in [2.45, 2.75) is 26.3 Å². The van der Waals surface area contributed by atoms with Gasteiger partial charge in [-0.05, 0) is 30.5 Å². The molecule has 1 aromatic rings. The van der Waals surface area contributed by atoms with Gasteiger partial charge in [0.25, 0.3) is 0 Å². The fourth-order valence-electron chi connectivity index (χ4n) is 1.56. The van der Waals surface area contributed by atoms with Crippen molar-refractivity contribution in [3.63, 3.8) is 0 Å². The number of amides is 1. The van der Waals surface area contributed by atoms with Gasteiger partial charge in [0.2, 0.25) is 5.91 Å². The third-order valence-corrected chi connectivity index (χ3v) is 2.92. The summed E-state index contributed by atoms with van der Waals surface area (Å²) in [6.07, 6.45) is 0.615. The molecule has 0 aliphatic carbocycles. The highest BCUT2D eigenvalue weighted by Crippen LogP contribution is 2.20. The molecule has 0 saturated carbocycles. The second-order valence-electron chi connectivity index (χ2n) is 4.53. The molecule has 0 saturated heterocycles. The summed E-state index contributed by atoms with van der Waals surface area (Å²) in [6, 6.07) is 6.59. The summed E-state index contributed by atoms with van der Waals surface area (Å²) in [5.41, 5.74) is 6.69. The first-order valence-electron chi connectivity index (χ1n) is 5.70. The number of nitrogens with two attached hydrogens (primary N) is 1. The highest BCUT2D eigenvalue weighted by atomic mass is 79.9. The van der Waals surface area contributed by atoms with E-state index in [1.165, 1.54) is 0 Å². The molecule has 96 valence electrons. The average molecular weight is 310 g/mol. The fourth-order valence-corrected chi connectivity index (χ4v) is 1.92. The topological polar surface area (TPSA) is 78.9 Å². The summed E-state index contributed by atoms with van der Waals surface area (Å²) < 4.78 is 0.795. The second kappa shape index (κ2) is 6.53. The molecule has 1 unspecified atom stereocenters. The number of hydrogen-bond acceptors (Lipinski definition) is 3. The van der Waals surface area contributed by atoms with Crippen LogP contribution in [0.25, 0.3) is 0 Å². The Kier molecular flexibility index (Phi) is 5.32. The van der Waals surface area contributed by atoms with Crippen LogP contribution in [0.15, 0.2) is 22.7 Å². The van der Waals surface area contributed by atoms with E-state index in [0.29, 0.717) is 23.6 Å². The average Bonchev–Trinajstić information content (AvgIpc) is 2.30. The predicted octanol–water partition coefficient (Wildman–Crippen LogP) is 2.63. The van der Waals surface area contributed by atoms with Gasteiger partial charge < -0.3 is 11.1 Å². The lowest BCUT2D eigenvalue weighted by atomic mass is 10.0. The normalized spacial score (nSPS) is 12.0. The number of nitriles is 1. The lowest BCUT2D eigenvalue weighted by molar-refractivity contribution is -0.117. The summed E-state index contributed by atoms with van der Waals surface area (Å²) in [5, 5.41) is 11.7. The molecule has 5 heteroatoms. The predicted molar refractivity (Wildman–Crippen MR) is 74.9 cm³/mol. The highest BCUT2D eigenvalue weighted by Gasteiger charge is 2.16. The molecule has 0 fully saturated rings. The van der Waals surface area contributed by atoms with E-state index in [1.807, 2.05) is 19.9 Å². The Bertz CT molecular complexity index is 480. The van der Waals surface area contributed by atoms with Crippen LogP contribution in [0.3, 0.4) is 0 Å². The van der Waals surface area contributed by atoms with Crippen LogP contribution in [-0.2, 0) is 4.79 Å². The molecule has 1 aromatic carbocycles. The Morgan fingerprint density at radius 1 is 1.56 bits per heavy atom. The van der Waals surface area contributed by atoms with Crippen molar-refractivity contribution >= 4 is 27.5 Å². The largest absolute Gasteiger partial charge is 0.324 e. The molecular formula is C13H16BrN3O. The van der Waals surface area contributed by atoms with E-state index in [-0.39, 0.29) is 5.91 Å². The lowest BCUT2D eigenvalue weighted by Crippen LogP contribution is -2.36. The number of hydrogen-bond donors (Lipinski definition) is 2. The first-order valence-corrected chi connectivity index (χ1v) is 6.49. The maximum atomic E-state index is 11.8. The zero-order chi connectivity index (χ0) is 13.7. The van der Waals surface area contributed by atoms with E-state index in [9.17, 15) is 4.79 Å². The van der Waals surface area contributed by atoms with E-state index in [4.69, 9.17) is 11.0 Å². The summed E-state index contributed by atoms with van der Waals surface area (Å²) in [7, 11) is 0. The molecule has 1 amide bonds. The van der Waals surface area contributed by atoms with Crippen LogP contribution < -0.4 is 11.1 Å². The van der Waals surface area contributed by atoms with Crippen LogP contribution in [0.5, 0.6) is 0 Å². The SMILES string of the molecule is CC(C)CC(N)C(=O)Nc1ccc(Br)cc1C#N. The number of carbonyl (C=O) groups is 1. The summed E-state index contributed by atoms with van der Waals surface area (Å²) in [4.78, 5) is 11.8. The van der Waals surface area contributed by atoms with Gasteiger partial charge in [-0.1, -0.05) is 29.8 Å². The van der Waals surface area contributed by atoms with Gasteiger partial charge in [0.1, 0.15) is 6.07 Å². The molecule has 0 heterocycles. The van der Waals surface area contributed by atoms with Crippen LogP contribution >= 0.6 is 15.9 Å². The van der Waals surface area contributed by atoms with Crippen LogP contribution in [0.2, 0.25) is 0 Å². The molecule has 4 nitrogen and oxygen atoms in total. The van der Waals surface area contributed by atoms with Gasteiger partial charge in [-0.25, -0.2) is 0 Å². The molecule has 0 aromatic heterocycles. The van der Waals surface area contributed by atoms with Gasteiger partial charge in [0, 0.05) is 4.47 Å². The van der Waals surface area contributed by atoms with Crippen LogP contribution in [0.1, 0.15) is 25.8 Å². The number of nitrogens with one attached hydrogen (secondary N) is 1. The third kappa shape index (κ3) is 4.13. The summed E-state index contributed by atoms with van der Waals surface area (Å²) in [6.45, 7) is 4.01. The molecular weight excluding hydrogens is 294 g/mol. The maximum Gasteiger partial charge on any atom is 0.241 e. The number of nitrogens with zero attached hydrogens (tertiary/aromatic N) is 1. The van der Waals surface area contributed by atoms with Gasteiger partial charge in [-0.2, -0.15) is 5.26 Å². The van der Waals surface area contributed by atoms with Crippen molar-refractivity contribution < 1.29 is 4.79 Å². The molecule has 3 N–H and O–H groups in total. The van der Waals surface area contributed by atoms with Gasteiger partial charge in [-0.15, -0.1) is 0 Å². The Balaban J connectivity index is 2.79. The molecule has 18 heavy (non-hydrogen) atoms. The number of benzene rings is 1. The summed E-state index contributed by atoms with van der Waals surface area (Å²) >= 11 is 3.28. The summed E-state index contributed by atoms with van der Waals surface area (Å²) in [5.74, 6) is 0.0913. The van der Waals surface area contributed by atoms with E-state index < -0.39 is 6.04 Å². The van der Waals surface area contributed by atoms with E-state index in [2.05, 4.69) is 21.2 Å². The standard InChI is InChI=1S/C13H16BrN3O/c1-8(2)5-11(16)13(18)17-12-4-3-10(14)6-9(12)7-15/h3-4,6,8,11H,5,16H2,1-2H3,(H,17,18). The molecule has 0 spiro atoms. The Morgan fingerprint density at radius 3 is 2.78 bits per heavy atom. The third-order valence-electron chi connectivity index (χ3n) is 2.42. The minimum Gasteiger partial charge on any atom is -0.324 e. The lowest BCUT2D eigenvalue weighted by Gasteiger charge is -2.14. The van der Waals surface area contributed by atoms with E-state index in [0.717, 1.165) is 4.47 Å². The zero-order valence-electron chi connectivity index (χ0n) is 10.4. The minimum absolute atomic E-state index is 0.262. The number of anilines is 1. The Labute approximate surface area is 115 Å². The van der Waals surface area contributed by atoms with E-state index >= 15 is 0 Å². The van der Waals surface area contributed by atoms with Crippen molar-refractivity contribution in [1.82, 2.24) is 0 Å². The first kappa shape index (κ1) is 14.7. The van der Waals surface area contributed by atoms with Gasteiger partial charge >= 0.3 is 0 Å². The van der Waals surface area contributed by atoms with Crippen LogP contribution in [0.4, 0.5) is 5.69 Å². The van der Waals surface area contributed by atoms with Gasteiger partial charge in [-0.3, -0.25) is 4.79 Å². The minimum atomic E-state index is -0.555. The van der Waals surface area contributed by atoms with Crippen molar-refractivity contribution in [1.29, 1.82) is 5.26 Å². The van der Waals surface area contributed by atoms with Gasteiger partial charge in [0.05, 0.1) is 17.3 Å². The van der Waals surface area contributed by atoms with Crippen molar-refractivity contribution in [2.75, 3.05) is 5.32 Å². The van der Waals surface area contributed by atoms with E-state index in [1.54, 1.807) is 18.2 Å². The molecule has 0 radical (unpaired) electrons. The monoisotopic (exact) mass is 309 g/mol. The highest BCUT2D eigenvalue weighted by molar-refractivity contribution is 9.10. The van der Waals surface area contributed by atoms with Crippen molar-refractivity contribution in [3.8, 4) is 6.07 Å². The first-order chi connectivity index (χ1) is 8.43. The quantitative estimate of drug-likeness (QED) is 0.897. The molecule has 1 rings (SSSR count). The van der Waals surface area contributed by atoms with Crippen LogP contribution in [-0.4, -0.2) is 11.9 Å². The van der Waals surface area contributed by atoms with Crippen molar-refractivity contribution in [3.05, 3.63) is 28.2 Å². The number of halogens is 1. The smallest absolute Gasteiger partial charge is 0.241 e. The maximum absolute atomic E-state index is 11.8. The number of carbonyl (C=O) groups excluding carboxylic acids is 1. The molecule has 0 aliphatic rings. The molecule has 0 aliphatic heterocycles. The Morgan fingerprint density at radius 2 is 2.22 bits per heavy atom. The fraction of sp³-hybridized carbons (Fsp3) is 0.385. The zero-order valence-corrected chi connectivity index (χ0v) is 12.0. The molecule has 0 bridgehead atoms. The molecule has 1 atom stereocenters.